The standard InChI is InChI=1S/C12H14BrFN2O/c13-9-3-11(15)12(4-10(9)14)16-5-7-1-2-8(6-16)17-7/h3-4,7-8H,1-2,5-6,15H2. The number of nitrogen functional groups attached to an aromatic ring is 1. The van der Waals surface area contributed by atoms with E-state index in [1.165, 1.54) is 6.07 Å². The molecule has 2 atom stereocenters. The quantitative estimate of drug-likeness (QED) is 0.810. The summed E-state index contributed by atoms with van der Waals surface area (Å²) in [6.07, 6.45) is 2.75. The molecule has 0 spiro atoms. The van der Waals surface area contributed by atoms with Crippen LogP contribution in [0, 0.1) is 5.82 Å². The van der Waals surface area contributed by atoms with Gasteiger partial charge in [0.15, 0.2) is 0 Å². The van der Waals surface area contributed by atoms with Gasteiger partial charge in [0, 0.05) is 19.2 Å². The summed E-state index contributed by atoms with van der Waals surface area (Å²) < 4.78 is 19.7. The van der Waals surface area contributed by atoms with Gasteiger partial charge in [-0.3, -0.25) is 0 Å². The largest absolute Gasteiger partial charge is 0.397 e. The van der Waals surface area contributed by atoms with Crippen LogP contribution < -0.4 is 10.6 Å². The monoisotopic (exact) mass is 300 g/mol. The molecule has 2 aliphatic heterocycles. The Hall–Kier alpha value is -0.810. The van der Waals surface area contributed by atoms with Gasteiger partial charge in [-0.25, -0.2) is 4.39 Å². The number of morpholine rings is 1. The molecule has 0 aromatic heterocycles. The van der Waals surface area contributed by atoms with Crippen molar-refractivity contribution in [2.75, 3.05) is 23.7 Å². The van der Waals surface area contributed by atoms with E-state index in [4.69, 9.17) is 10.5 Å². The third kappa shape index (κ3) is 2.02. The van der Waals surface area contributed by atoms with Crippen LogP contribution in [-0.2, 0) is 4.74 Å². The van der Waals surface area contributed by atoms with Crippen molar-refractivity contribution in [1.29, 1.82) is 0 Å². The van der Waals surface area contributed by atoms with Crippen molar-refractivity contribution in [3.05, 3.63) is 22.4 Å². The lowest BCUT2D eigenvalue weighted by molar-refractivity contribution is 0.0305. The Labute approximate surface area is 108 Å². The van der Waals surface area contributed by atoms with Crippen LogP contribution in [0.1, 0.15) is 12.8 Å². The zero-order valence-electron chi connectivity index (χ0n) is 9.33. The first-order chi connectivity index (χ1) is 8.13. The summed E-state index contributed by atoms with van der Waals surface area (Å²) in [4.78, 5) is 2.14. The highest BCUT2D eigenvalue weighted by Crippen LogP contribution is 2.34. The van der Waals surface area contributed by atoms with Crippen molar-refractivity contribution >= 4 is 27.3 Å². The third-order valence-electron chi connectivity index (χ3n) is 3.45. The van der Waals surface area contributed by atoms with Crippen molar-refractivity contribution in [2.45, 2.75) is 25.0 Å². The topological polar surface area (TPSA) is 38.5 Å². The maximum absolute atomic E-state index is 13.6. The van der Waals surface area contributed by atoms with Crippen LogP contribution >= 0.6 is 15.9 Å². The molecule has 2 unspecified atom stereocenters. The molecule has 92 valence electrons. The molecule has 2 N–H and O–H groups in total. The molecule has 1 aromatic rings. The highest BCUT2D eigenvalue weighted by atomic mass is 79.9. The summed E-state index contributed by atoms with van der Waals surface area (Å²) in [6.45, 7) is 1.61. The molecule has 3 nitrogen and oxygen atoms in total. The summed E-state index contributed by atoms with van der Waals surface area (Å²) in [5, 5.41) is 0. The van der Waals surface area contributed by atoms with E-state index >= 15 is 0 Å². The minimum atomic E-state index is -0.270. The number of hydrogen-bond donors (Lipinski definition) is 1. The van der Waals surface area contributed by atoms with Gasteiger partial charge in [-0.2, -0.15) is 0 Å². The number of ether oxygens (including phenoxy) is 1. The average molecular weight is 301 g/mol. The van der Waals surface area contributed by atoms with E-state index in [0.717, 1.165) is 31.6 Å². The van der Waals surface area contributed by atoms with E-state index in [2.05, 4.69) is 20.8 Å². The van der Waals surface area contributed by atoms with Crippen LogP contribution in [0.25, 0.3) is 0 Å². The second kappa shape index (κ2) is 4.14. The van der Waals surface area contributed by atoms with Crippen molar-refractivity contribution in [3.8, 4) is 0 Å². The first kappa shape index (κ1) is 11.3. The highest BCUT2D eigenvalue weighted by molar-refractivity contribution is 9.10. The molecular weight excluding hydrogens is 287 g/mol. The van der Waals surface area contributed by atoms with Gasteiger partial charge in [0.25, 0.3) is 0 Å². The van der Waals surface area contributed by atoms with E-state index in [0.29, 0.717) is 10.2 Å². The third-order valence-corrected chi connectivity index (χ3v) is 4.06. The number of nitrogens with zero attached hydrogens (tertiary/aromatic N) is 1. The van der Waals surface area contributed by atoms with E-state index in [9.17, 15) is 4.39 Å². The summed E-state index contributed by atoms with van der Waals surface area (Å²) >= 11 is 3.14. The molecule has 2 aliphatic rings. The Balaban J connectivity index is 1.91. The molecule has 2 saturated heterocycles. The molecule has 17 heavy (non-hydrogen) atoms. The minimum absolute atomic E-state index is 0.270. The molecule has 1 aromatic carbocycles. The fourth-order valence-corrected chi connectivity index (χ4v) is 3.00. The fraction of sp³-hybridized carbons (Fsp3) is 0.500. The number of rotatable bonds is 1. The number of benzene rings is 1. The first-order valence-corrected chi connectivity index (χ1v) is 6.57. The van der Waals surface area contributed by atoms with Gasteiger partial charge >= 0.3 is 0 Å². The van der Waals surface area contributed by atoms with Gasteiger partial charge in [-0.15, -0.1) is 0 Å². The maximum Gasteiger partial charge on any atom is 0.139 e. The molecule has 3 rings (SSSR count). The van der Waals surface area contributed by atoms with Gasteiger partial charge in [0.1, 0.15) is 5.82 Å². The molecule has 2 fully saturated rings. The average Bonchev–Trinajstić information content (AvgIpc) is 2.63. The maximum atomic E-state index is 13.6. The predicted molar refractivity (Wildman–Crippen MR) is 68.6 cm³/mol. The summed E-state index contributed by atoms with van der Waals surface area (Å²) in [5.41, 5.74) is 7.35. The molecule has 0 saturated carbocycles. The van der Waals surface area contributed by atoms with Gasteiger partial charge in [-0.05, 0) is 34.8 Å². The predicted octanol–water partition coefficient (Wildman–Crippen LogP) is 2.54. The molecule has 2 heterocycles. The van der Waals surface area contributed by atoms with Crippen molar-refractivity contribution in [1.82, 2.24) is 0 Å². The number of anilines is 2. The minimum Gasteiger partial charge on any atom is -0.397 e. The van der Waals surface area contributed by atoms with Crippen molar-refractivity contribution in [3.63, 3.8) is 0 Å². The van der Waals surface area contributed by atoms with Crippen LogP contribution in [0.3, 0.4) is 0 Å². The van der Waals surface area contributed by atoms with E-state index < -0.39 is 0 Å². The lowest BCUT2D eigenvalue weighted by atomic mass is 10.2. The Kier molecular flexibility index (Phi) is 2.75. The van der Waals surface area contributed by atoms with Crippen LogP contribution in [0.15, 0.2) is 16.6 Å². The highest BCUT2D eigenvalue weighted by Gasteiger charge is 2.34. The number of fused-ring (bicyclic) bond motifs is 2. The van der Waals surface area contributed by atoms with E-state index in [-0.39, 0.29) is 18.0 Å². The Morgan fingerprint density at radius 3 is 2.59 bits per heavy atom. The molecular formula is C12H14BrFN2O. The normalized spacial score (nSPS) is 27.5. The van der Waals surface area contributed by atoms with Crippen LogP contribution in [-0.4, -0.2) is 25.3 Å². The number of halogens is 2. The lowest BCUT2D eigenvalue weighted by Gasteiger charge is -2.34. The van der Waals surface area contributed by atoms with Gasteiger partial charge < -0.3 is 15.4 Å². The van der Waals surface area contributed by atoms with Crippen LogP contribution in [0.5, 0.6) is 0 Å². The molecule has 0 radical (unpaired) electrons. The van der Waals surface area contributed by atoms with Crippen LogP contribution in [0.4, 0.5) is 15.8 Å². The summed E-state index contributed by atoms with van der Waals surface area (Å²) in [7, 11) is 0. The smallest absolute Gasteiger partial charge is 0.139 e. The van der Waals surface area contributed by atoms with Crippen molar-refractivity contribution in [2.24, 2.45) is 0 Å². The molecule has 2 bridgehead atoms. The van der Waals surface area contributed by atoms with Crippen molar-refractivity contribution < 1.29 is 9.13 Å². The number of nitrogens with two attached hydrogens (primary N) is 1. The van der Waals surface area contributed by atoms with Gasteiger partial charge in [-0.1, -0.05) is 0 Å². The Morgan fingerprint density at radius 2 is 1.94 bits per heavy atom. The van der Waals surface area contributed by atoms with Gasteiger partial charge in [0.2, 0.25) is 0 Å². The second-order valence-corrected chi connectivity index (χ2v) is 5.54. The summed E-state index contributed by atoms with van der Waals surface area (Å²) in [6, 6.07) is 3.13. The van der Waals surface area contributed by atoms with Gasteiger partial charge in [0.05, 0.1) is 28.1 Å². The zero-order chi connectivity index (χ0) is 12.0. The lowest BCUT2D eigenvalue weighted by Crippen LogP contribution is -2.43. The first-order valence-electron chi connectivity index (χ1n) is 5.78. The van der Waals surface area contributed by atoms with E-state index in [1.807, 2.05) is 0 Å². The molecule has 0 amide bonds. The number of hydrogen-bond acceptors (Lipinski definition) is 3. The van der Waals surface area contributed by atoms with Crippen LogP contribution in [0.2, 0.25) is 0 Å². The molecule has 0 aliphatic carbocycles. The second-order valence-electron chi connectivity index (χ2n) is 4.69. The SMILES string of the molecule is Nc1cc(Br)c(F)cc1N1CC2CCC(C1)O2. The Morgan fingerprint density at radius 1 is 1.29 bits per heavy atom. The Bertz CT molecular complexity index is 442. The summed E-state index contributed by atoms with van der Waals surface area (Å²) in [5.74, 6) is -0.270. The zero-order valence-corrected chi connectivity index (χ0v) is 10.9. The fourth-order valence-electron chi connectivity index (χ4n) is 2.64. The molecule has 5 heteroatoms. The van der Waals surface area contributed by atoms with E-state index in [1.54, 1.807) is 6.07 Å².